The van der Waals surface area contributed by atoms with Crippen molar-refractivity contribution in [2.45, 2.75) is 31.0 Å². The maximum atomic E-state index is 13.2. The van der Waals surface area contributed by atoms with E-state index >= 15 is 0 Å². The highest BCUT2D eigenvalue weighted by Crippen LogP contribution is 2.40. The van der Waals surface area contributed by atoms with Gasteiger partial charge < -0.3 is 35.7 Å². The lowest BCUT2D eigenvalue weighted by Gasteiger charge is -2.50. The van der Waals surface area contributed by atoms with Gasteiger partial charge >= 0.3 is 5.97 Å². The number of hydrogen-bond donors (Lipinski definition) is 3. The Labute approximate surface area is 250 Å². The van der Waals surface area contributed by atoms with Gasteiger partial charge in [0.05, 0.1) is 17.9 Å². The SMILES string of the molecule is COn1ccc2c1ccc[n+]2CC1=C(C(=O)[O-])N2C(=O)[C@@H](NC(=O)/C(=N\O[C@@H](C)C(=O)O)c3nc(N)sc3Cl)[C@H]2SC1. The van der Waals surface area contributed by atoms with Crippen LogP contribution in [0.4, 0.5) is 5.13 Å². The van der Waals surface area contributed by atoms with E-state index in [9.17, 15) is 24.3 Å². The van der Waals surface area contributed by atoms with E-state index in [2.05, 4.69) is 15.5 Å². The number of carbonyl (C=O) groups excluding carboxylic acids is 3. The number of anilines is 1. The Hall–Kier alpha value is -4.35. The number of carboxylic acids is 2. The predicted molar refractivity (Wildman–Crippen MR) is 148 cm³/mol. The van der Waals surface area contributed by atoms with Crippen molar-refractivity contribution in [3.05, 3.63) is 51.9 Å². The Morgan fingerprint density at radius 1 is 1.40 bits per heavy atom. The summed E-state index contributed by atoms with van der Waals surface area (Å²) in [4.78, 5) is 65.1. The van der Waals surface area contributed by atoms with Gasteiger partial charge in [-0.1, -0.05) is 28.1 Å². The van der Waals surface area contributed by atoms with Gasteiger partial charge in [0.15, 0.2) is 29.1 Å². The minimum atomic E-state index is -1.53. The number of nitrogen functional groups attached to an aromatic ring is 1. The summed E-state index contributed by atoms with van der Waals surface area (Å²) in [6.45, 7) is 1.36. The first-order valence-electron chi connectivity index (χ1n) is 12.1. The quantitative estimate of drug-likeness (QED) is 0.106. The van der Waals surface area contributed by atoms with Gasteiger partial charge in [-0.05, 0) is 13.0 Å². The van der Waals surface area contributed by atoms with E-state index in [1.54, 1.807) is 23.2 Å². The molecule has 0 unspecified atom stereocenters. The van der Waals surface area contributed by atoms with Crippen molar-refractivity contribution in [1.82, 2.24) is 19.9 Å². The number of thiazole rings is 1. The second-order valence-electron chi connectivity index (χ2n) is 9.03. The number of amides is 2. The topological polar surface area (TPSA) is 205 Å². The maximum absolute atomic E-state index is 13.2. The molecule has 0 aromatic carbocycles. The van der Waals surface area contributed by atoms with Crippen molar-refractivity contribution in [2.24, 2.45) is 5.16 Å². The first-order chi connectivity index (χ1) is 20.0. The number of halogens is 1. The van der Waals surface area contributed by atoms with Crippen molar-refractivity contribution in [1.29, 1.82) is 0 Å². The van der Waals surface area contributed by atoms with Crippen LogP contribution in [-0.4, -0.2) is 79.6 Å². The summed E-state index contributed by atoms with van der Waals surface area (Å²) < 4.78 is 3.38. The number of aromatic nitrogens is 3. The number of hydrogen-bond acceptors (Lipinski definition) is 12. The van der Waals surface area contributed by atoms with Crippen LogP contribution >= 0.6 is 34.7 Å². The molecule has 5 rings (SSSR count). The number of nitrogens with two attached hydrogens (primary N) is 1. The zero-order valence-electron chi connectivity index (χ0n) is 21.8. The molecule has 0 bridgehead atoms. The van der Waals surface area contributed by atoms with Crippen LogP contribution in [0.15, 0.2) is 47.0 Å². The van der Waals surface area contributed by atoms with Crippen LogP contribution < -0.4 is 25.6 Å². The first-order valence-corrected chi connectivity index (χ1v) is 14.4. The molecule has 0 spiro atoms. The van der Waals surface area contributed by atoms with Gasteiger partial charge in [0.1, 0.15) is 28.6 Å². The number of thioether (sulfide) groups is 1. The summed E-state index contributed by atoms with van der Waals surface area (Å²) in [7, 11) is 1.52. The molecule has 1 fully saturated rings. The van der Waals surface area contributed by atoms with Crippen molar-refractivity contribution in [3.63, 3.8) is 0 Å². The summed E-state index contributed by atoms with van der Waals surface area (Å²) >= 11 is 8.25. The molecule has 3 aromatic rings. The molecule has 0 aliphatic carbocycles. The normalized spacial score (nSPS) is 19.3. The highest BCUT2D eigenvalue weighted by molar-refractivity contribution is 8.00. The number of carboxylic acid groups (broad SMARTS) is 2. The maximum Gasteiger partial charge on any atom is 0.347 e. The Bertz CT molecular complexity index is 1690. The molecular formula is C24H22ClN7O8S2. The van der Waals surface area contributed by atoms with Crippen LogP contribution in [0.3, 0.4) is 0 Å². The number of pyridine rings is 1. The summed E-state index contributed by atoms with van der Waals surface area (Å²) in [5.41, 5.74) is 6.73. The van der Waals surface area contributed by atoms with Crippen LogP contribution in [-0.2, 0) is 30.6 Å². The number of nitrogens with zero attached hydrogens (tertiary/aromatic N) is 5. The zero-order valence-corrected chi connectivity index (χ0v) is 24.2. The van der Waals surface area contributed by atoms with Gasteiger partial charge in [-0.15, -0.1) is 11.8 Å². The second-order valence-corrected chi connectivity index (χ2v) is 11.8. The van der Waals surface area contributed by atoms with Crippen molar-refractivity contribution in [3.8, 4) is 0 Å². The van der Waals surface area contributed by atoms with E-state index in [-0.39, 0.29) is 33.2 Å². The zero-order chi connectivity index (χ0) is 30.3. The number of β-lactam (4-membered cyclic amide) rings is 1. The number of rotatable bonds is 10. The molecule has 18 heteroatoms. The first kappa shape index (κ1) is 29.2. The molecule has 2 aliphatic rings. The third-order valence-corrected chi connectivity index (χ3v) is 8.90. The highest BCUT2D eigenvalue weighted by Gasteiger charge is 2.53. The van der Waals surface area contributed by atoms with E-state index in [0.717, 1.165) is 27.3 Å². The van der Waals surface area contributed by atoms with E-state index in [1.165, 1.54) is 25.8 Å². The third kappa shape index (κ3) is 5.21. The fourth-order valence-corrected chi connectivity index (χ4v) is 6.74. The molecule has 0 saturated carbocycles. The number of fused-ring (bicyclic) bond motifs is 2. The Kier molecular flexibility index (Phi) is 7.98. The van der Waals surface area contributed by atoms with Crippen LogP contribution in [0, 0.1) is 0 Å². The van der Waals surface area contributed by atoms with E-state index in [1.807, 2.05) is 16.7 Å². The minimum absolute atomic E-state index is 0.0123. The predicted octanol–water partition coefficient (Wildman–Crippen LogP) is -1.02. The van der Waals surface area contributed by atoms with Gasteiger partial charge in [-0.3, -0.25) is 14.5 Å². The van der Waals surface area contributed by atoms with Crippen molar-refractivity contribution in [2.75, 3.05) is 18.6 Å². The summed E-state index contributed by atoms with van der Waals surface area (Å²) in [5.74, 6) is -4.28. The molecule has 3 atom stereocenters. The summed E-state index contributed by atoms with van der Waals surface area (Å²) in [5, 5.41) is 26.8. The molecule has 15 nitrogen and oxygen atoms in total. The third-order valence-electron chi connectivity index (χ3n) is 6.47. The van der Waals surface area contributed by atoms with Gasteiger partial charge in [0.25, 0.3) is 11.8 Å². The van der Waals surface area contributed by atoms with Gasteiger partial charge in [0, 0.05) is 23.5 Å². The molecule has 42 heavy (non-hydrogen) atoms. The number of oxime groups is 1. The van der Waals surface area contributed by atoms with E-state index in [0.29, 0.717) is 5.57 Å². The largest absolute Gasteiger partial charge is 0.543 e. The van der Waals surface area contributed by atoms with Gasteiger partial charge in [-0.2, -0.15) is 9.30 Å². The average Bonchev–Trinajstić information content (AvgIpc) is 3.53. The smallest absolute Gasteiger partial charge is 0.347 e. The number of carbonyl (C=O) groups is 4. The molecule has 5 heterocycles. The number of aliphatic carboxylic acids is 2. The molecule has 2 aliphatic heterocycles. The second kappa shape index (κ2) is 11.5. The molecule has 1 saturated heterocycles. The lowest BCUT2D eigenvalue weighted by molar-refractivity contribution is -0.663. The monoisotopic (exact) mass is 635 g/mol. The average molecular weight is 636 g/mol. The Morgan fingerprint density at radius 2 is 2.17 bits per heavy atom. The number of nitrogens with one attached hydrogen (secondary N) is 1. The fourth-order valence-electron chi connectivity index (χ4n) is 4.47. The highest BCUT2D eigenvalue weighted by atomic mass is 35.5. The lowest BCUT2D eigenvalue weighted by atomic mass is 10.0. The van der Waals surface area contributed by atoms with E-state index < -0.39 is 47.0 Å². The Balaban J connectivity index is 1.39. The van der Waals surface area contributed by atoms with Crippen LogP contribution in [0.5, 0.6) is 0 Å². The van der Waals surface area contributed by atoms with Crippen LogP contribution in [0.2, 0.25) is 4.34 Å². The molecule has 2 amide bonds. The van der Waals surface area contributed by atoms with Crippen LogP contribution in [0.1, 0.15) is 12.6 Å². The van der Waals surface area contributed by atoms with Crippen molar-refractivity contribution >= 4 is 80.3 Å². The van der Waals surface area contributed by atoms with E-state index in [4.69, 9.17) is 32.1 Å². The summed E-state index contributed by atoms with van der Waals surface area (Å²) in [6.07, 6.45) is 2.10. The van der Waals surface area contributed by atoms with Gasteiger partial charge in [0.2, 0.25) is 11.6 Å². The molecule has 220 valence electrons. The Morgan fingerprint density at radius 3 is 2.81 bits per heavy atom. The molecular weight excluding hydrogens is 614 g/mol. The molecule has 3 aromatic heterocycles. The minimum Gasteiger partial charge on any atom is -0.543 e. The fraction of sp³-hybridized carbons (Fsp3) is 0.292. The standard InChI is InChI=1S/C24H22ClN7O8S2/c1-10(22(35)36)40-29-15(14-18(25)42-24(26)28-14)19(33)27-16-20(34)32-17(23(37)38)11(9-41-21(16)32)8-30-6-3-4-13-12(30)5-7-31(13)39-2/h3-7,10,16,21H,8-9H2,1-2H3,(H4-,26,27,28,33,35,36,37,38)/b29-15-/t10-,16+,21+/m0/s1. The van der Waals surface area contributed by atoms with Crippen LogP contribution in [0.25, 0.3) is 11.0 Å². The summed E-state index contributed by atoms with van der Waals surface area (Å²) in [6, 6.07) is 4.32. The molecule has 0 radical (unpaired) electrons. The lowest BCUT2D eigenvalue weighted by Crippen LogP contribution is -2.71. The van der Waals surface area contributed by atoms with Gasteiger partial charge in [-0.25, -0.2) is 9.78 Å². The van der Waals surface area contributed by atoms with Crippen molar-refractivity contribution < 1.29 is 43.6 Å². The molecule has 4 N–H and O–H groups in total.